The maximum absolute atomic E-state index is 11.3. The minimum absolute atomic E-state index is 0.313. The smallest absolute Gasteiger partial charge is 0.250 e. The van der Waals surface area contributed by atoms with Crippen LogP contribution in [0.3, 0.4) is 0 Å². The van der Waals surface area contributed by atoms with Crippen molar-refractivity contribution in [2.24, 2.45) is 5.73 Å². The average molecular weight is 254 g/mol. The summed E-state index contributed by atoms with van der Waals surface area (Å²) in [5, 5.41) is 0. The number of nitrogens with zero attached hydrogens (tertiary/aromatic N) is 2. The summed E-state index contributed by atoms with van der Waals surface area (Å²) in [5.41, 5.74) is 14.2. The molecule has 3 rings (SSSR count). The molecule has 1 aliphatic rings. The Morgan fingerprint density at radius 1 is 1.21 bits per heavy atom. The van der Waals surface area contributed by atoms with E-state index in [1.54, 1.807) is 6.07 Å². The first kappa shape index (κ1) is 11.5. The molecule has 0 unspecified atom stereocenters. The van der Waals surface area contributed by atoms with E-state index in [0.717, 1.165) is 18.9 Å². The lowest BCUT2D eigenvalue weighted by atomic mass is 10.1. The van der Waals surface area contributed by atoms with Crippen molar-refractivity contribution in [3.8, 4) is 0 Å². The number of primary amides is 1. The van der Waals surface area contributed by atoms with E-state index in [1.165, 1.54) is 17.3 Å². The number of anilines is 2. The summed E-state index contributed by atoms with van der Waals surface area (Å²) in [6, 6.07) is 9.90. The monoisotopic (exact) mass is 254 g/mol. The zero-order chi connectivity index (χ0) is 13.4. The van der Waals surface area contributed by atoms with Crippen molar-refractivity contribution in [3.63, 3.8) is 0 Å². The van der Waals surface area contributed by atoms with E-state index in [0.29, 0.717) is 11.3 Å². The summed E-state index contributed by atoms with van der Waals surface area (Å²) in [6.45, 7) is 1.57. The first-order valence-corrected chi connectivity index (χ1v) is 6.02. The van der Waals surface area contributed by atoms with Gasteiger partial charge in [0.1, 0.15) is 5.82 Å². The lowest BCUT2D eigenvalue weighted by molar-refractivity contribution is 0.100. The van der Waals surface area contributed by atoms with E-state index in [4.69, 9.17) is 11.5 Å². The number of hydrogen-bond acceptors (Lipinski definition) is 4. The van der Waals surface area contributed by atoms with Gasteiger partial charge in [-0.15, -0.1) is 0 Å². The zero-order valence-electron chi connectivity index (χ0n) is 10.3. The topological polar surface area (TPSA) is 85.2 Å². The number of carbonyl (C=O) groups is 1. The van der Waals surface area contributed by atoms with Crippen molar-refractivity contribution in [2.75, 3.05) is 10.6 Å². The van der Waals surface area contributed by atoms with Crippen LogP contribution >= 0.6 is 0 Å². The van der Waals surface area contributed by atoms with Gasteiger partial charge in [0.15, 0.2) is 0 Å². The lowest BCUT2D eigenvalue weighted by Gasteiger charge is -2.17. The zero-order valence-corrected chi connectivity index (χ0v) is 10.3. The fourth-order valence-corrected chi connectivity index (χ4v) is 2.34. The molecule has 1 aromatic heterocycles. The number of hydrogen-bond donors (Lipinski definition) is 2. The number of carbonyl (C=O) groups excluding carboxylic acids is 1. The fraction of sp³-hybridized carbons (Fsp3) is 0.143. The first-order valence-electron chi connectivity index (χ1n) is 6.02. The van der Waals surface area contributed by atoms with Gasteiger partial charge >= 0.3 is 0 Å². The maximum atomic E-state index is 11.3. The van der Waals surface area contributed by atoms with Crippen LogP contribution in [-0.2, 0) is 13.1 Å². The average Bonchev–Trinajstić information content (AvgIpc) is 2.82. The molecule has 0 fully saturated rings. The molecular weight excluding hydrogens is 240 g/mol. The van der Waals surface area contributed by atoms with Crippen molar-refractivity contribution in [1.29, 1.82) is 0 Å². The third-order valence-electron chi connectivity index (χ3n) is 3.35. The predicted molar refractivity (Wildman–Crippen MR) is 73.5 cm³/mol. The number of amides is 1. The van der Waals surface area contributed by atoms with Crippen LogP contribution in [0.15, 0.2) is 36.5 Å². The Kier molecular flexibility index (Phi) is 2.59. The molecule has 1 aromatic carbocycles. The fourth-order valence-electron chi connectivity index (χ4n) is 2.34. The third-order valence-corrected chi connectivity index (χ3v) is 3.35. The molecule has 5 nitrogen and oxygen atoms in total. The molecule has 0 aliphatic carbocycles. The molecule has 2 heterocycles. The van der Waals surface area contributed by atoms with E-state index >= 15 is 0 Å². The second-order valence-corrected chi connectivity index (χ2v) is 4.62. The summed E-state index contributed by atoms with van der Waals surface area (Å²) >= 11 is 0. The van der Waals surface area contributed by atoms with Gasteiger partial charge in [0.25, 0.3) is 5.91 Å². The van der Waals surface area contributed by atoms with Gasteiger partial charge in [0.05, 0.1) is 17.4 Å². The summed E-state index contributed by atoms with van der Waals surface area (Å²) < 4.78 is 0. The summed E-state index contributed by atoms with van der Waals surface area (Å²) in [5.74, 6) is 0.192. The van der Waals surface area contributed by atoms with Crippen LogP contribution in [0.5, 0.6) is 0 Å². The first-order chi connectivity index (χ1) is 9.15. The molecular formula is C14H14N4O. The van der Waals surface area contributed by atoms with E-state index in [9.17, 15) is 4.79 Å². The maximum Gasteiger partial charge on any atom is 0.250 e. The molecule has 1 aliphatic heterocycles. The number of aromatic nitrogens is 1. The van der Waals surface area contributed by atoms with Gasteiger partial charge in [0, 0.05) is 13.1 Å². The molecule has 0 saturated carbocycles. The molecule has 4 N–H and O–H groups in total. The van der Waals surface area contributed by atoms with E-state index in [-0.39, 0.29) is 0 Å². The molecule has 1 amide bonds. The molecule has 0 bridgehead atoms. The highest BCUT2D eigenvalue weighted by Crippen LogP contribution is 2.28. The van der Waals surface area contributed by atoms with E-state index < -0.39 is 5.91 Å². The number of rotatable bonds is 2. The molecule has 2 aromatic rings. The van der Waals surface area contributed by atoms with Gasteiger partial charge < -0.3 is 16.4 Å². The Morgan fingerprint density at radius 2 is 1.84 bits per heavy atom. The van der Waals surface area contributed by atoms with Crippen molar-refractivity contribution in [1.82, 2.24) is 4.98 Å². The standard InChI is InChI=1S/C14H14N4O/c15-12-6-17-13(5-11(12)14(16)19)18-7-9-3-1-2-4-10(9)8-18/h1-6H,7-8,15H2,(H2,16,19). The quantitative estimate of drug-likeness (QED) is 0.845. The van der Waals surface area contributed by atoms with Crippen LogP contribution < -0.4 is 16.4 Å². The highest BCUT2D eigenvalue weighted by atomic mass is 16.1. The Bertz CT molecular complexity index is 629. The highest BCUT2D eigenvalue weighted by Gasteiger charge is 2.20. The normalized spacial score (nSPS) is 13.4. The molecule has 19 heavy (non-hydrogen) atoms. The summed E-state index contributed by atoms with van der Waals surface area (Å²) in [4.78, 5) is 17.7. The lowest BCUT2D eigenvalue weighted by Crippen LogP contribution is -2.19. The van der Waals surface area contributed by atoms with E-state index in [1.807, 2.05) is 12.1 Å². The molecule has 0 spiro atoms. The van der Waals surface area contributed by atoms with Gasteiger partial charge in [-0.25, -0.2) is 4.98 Å². The van der Waals surface area contributed by atoms with Crippen LogP contribution in [0, 0.1) is 0 Å². The Morgan fingerprint density at radius 3 is 2.42 bits per heavy atom. The molecule has 0 radical (unpaired) electrons. The largest absolute Gasteiger partial charge is 0.397 e. The van der Waals surface area contributed by atoms with Gasteiger partial charge in [-0.2, -0.15) is 0 Å². The Hall–Kier alpha value is -2.56. The van der Waals surface area contributed by atoms with Crippen molar-refractivity contribution < 1.29 is 4.79 Å². The van der Waals surface area contributed by atoms with Gasteiger partial charge in [-0.1, -0.05) is 24.3 Å². The van der Waals surface area contributed by atoms with Gasteiger partial charge in [-0.3, -0.25) is 4.79 Å². The Labute approximate surface area is 110 Å². The van der Waals surface area contributed by atoms with E-state index in [2.05, 4.69) is 22.0 Å². The van der Waals surface area contributed by atoms with Crippen LogP contribution in [0.25, 0.3) is 0 Å². The van der Waals surface area contributed by atoms with Crippen LogP contribution in [0.4, 0.5) is 11.5 Å². The summed E-state index contributed by atoms with van der Waals surface area (Å²) in [6.07, 6.45) is 1.48. The van der Waals surface area contributed by atoms with Gasteiger partial charge in [0.2, 0.25) is 0 Å². The number of nitrogens with two attached hydrogens (primary N) is 2. The third kappa shape index (κ3) is 1.99. The number of fused-ring (bicyclic) bond motifs is 1. The molecule has 5 heteroatoms. The van der Waals surface area contributed by atoms with Crippen molar-refractivity contribution in [3.05, 3.63) is 53.2 Å². The van der Waals surface area contributed by atoms with Crippen LogP contribution in [0.1, 0.15) is 21.5 Å². The van der Waals surface area contributed by atoms with Gasteiger partial charge in [-0.05, 0) is 17.2 Å². The Balaban J connectivity index is 1.93. The number of benzene rings is 1. The number of nitrogen functional groups attached to an aromatic ring is 1. The van der Waals surface area contributed by atoms with Crippen LogP contribution in [0.2, 0.25) is 0 Å². The summed E-state index contributed by atoms with van der Waals surface area (Å²) in [7, 11) is 0. The van der Waals surface area contributed by atoms with Crippen molar-refractivity contribution >= 4 is 17.4 Å². The molecule has 96 valence electrons. The van der Waals surface area contributed by atoms with Crippen LogP contribution in [-0.4, -0.2) is 10.9 Å². The number of pyridine rings is 1. The second-order valence-electron chi connectivity index (χ2n) is 4.62. The second kappa shape index (κ2) is 4.28. The molecule has 0 saturated heterocycles. The minimum Gasteiger partial charge on any atom is -0.397 e. The molecule has 0 atom stereocenters. The SMILES string of the molecule is NC(=O)c1cc(N2Cc3ccccc3C2)ncc1N. The predicted octanol–water partition coefficient (Wildman–Crippen LogP) is 1.28. The highest BCUT2D eigenvalue weighted by molar-refractivity contribution is 5.98. The van der Waals surface area contributed by atoms with Crippen molar-refractivity contribution in [2.45, 2.75) is 13.1 Å². The minimum atomic E-state index is -0.530.